The fourth-order valence-electron chi connectivity index (χ4n) is 2.71. The van der Waals surface area contributed by atoms with Gasteiger partial charge in [-0.05, 0) is 18.1 Å². The Morgan fingerprint density at radius 2 is 1.33 bits per heavy atom. The smallest absolute Gasteiger partial charge is 0.0852 e. The van der Waals surface area contributed by atoms with Crippen LogP contribution >= 0.6 is 0 Å². The molecule has 2 aromatic carbocycles. The average molecular weight is 283 g/mol. The molecule has 2 nitrogen and oxygen atoms in total. The molecule has 0 aliphatic heterocycles. The SMILES string of the molecule is CC(C)NCC(C)(O)C(c1ccccc1)c1ccccc1. The van der Waals surface area contributed by atoms with Crippen molar-refractivity contribution >= 4 is 0 Å². The van der Waals surface area contributed by atoms with Crippen molar-refractivity contribution in [1.82, 2.24) is 5.32 Å². The molecular formula is C19H25NO. The first-order chi connectivity index (χ1) is 10.0. The van der Waals surface area contributed by atoms with Crippen molar-refractivity contribution in [2.24, 2.45) is 0 Å². The van der Waals surface area contributed by atoms with Crippen molar-refractivity contribution in [3.05, 3.63) is 71.8 Å². The summed E-state index contributed by atoms with van der Waals surface area (Å²) in [5.41, 5.74) is 1.42. The molecule has 1 unspecified atom stereocenters. The van der Waals surface area contributed by atoms with Crippen LogP contribution in [0.3, 0.4) is 0 Å². The third-order valence-corrected chi connectivity index (χ3v) is 3.76. The molecule has 0 spiro atoms. The highest BCUT2D eigenvalue weighted by molar-refractivity contribution is 5.35. The van der Waals surface area contributed by atoms with Crippen molar-refractivity contribution in [1.29, 1.82) is 0 Å². The first-order valence-electron chi connectivity index (χ1n) is 7.56. The lowest BCUT2D eigenvalue weighted by atomic mass is 9.78. The quantitative estimate of drug-likeness (QED) is 0.849. The van der Waals surface area contributed by atoms with Gasteiger partial charge in [0.1, 0.15) is 0 Å². The van der Waals surface area contributed by atoms with Crippen LogP contribution in [0.5, 0.6) is 0 Å². The molecule has 2 aromatic rings. The molecule has 0 aliphatic carbocycles. The average Bonchev–Trinajstić information content (AvgIpc) is 2.47. The molecule has 2 rings (SSSR count). The zero-order chi connectivity index (χ0) is 15.3. The van der Waals surface area contributed by atoms with E-state index in [1.807, 2.05) is 43.3 Å². The molecule has 112 valence electrons. The molecule has 0 amide bonds. The Morgan fingerprint density at radius 1 is 0.905 bits per heavy atom. The highest BCUT2D eigenvalue weighted by Gasteiger charge is 2.34. The van der Waals surface area contributed by atoms with Gasteiger partial charge in [0.2, 0.25) is 0 Å². The molecule has 2 heteroatoms. The lowest BCUT2D eigenvalue weighted by molar-refractivity contribution is 0.0410. The molecule has 0 aliphatic rings. The third-order valence-electron chi connectivity index (χ3n) is 3.76. The lowest BCUT2D eigenvalue weighted by Gasteiger charge is -2.35. The van der Waals surface area contributed by atoms with Gasteiger partial charge in [-0.2, -0.15) is 0 Å². The predicted molar refractivity (Wildman–Crippen MR) is 88.5 cm³/mol. The first kappa shape index (κ1) is 15.7. The van der Waals surface area contributed by atoms with Gasteiger partial charge in [-0.1, -0.05) is 74.5 Å². The molecule has 0 heterocycles. The minimum Gasteiger partial charge on any atom is -0.388 e. The summed E-state index contributed by atoms with van der Waals surface area (Å²) in [6, 6.07) is 20.8. The maximum Gasteiger partial charge on any atom is 0.0852 e. The summed E-state index contributed by atoms with van der Waals surface area (Å²) in [5.74, 6) is -0.0499. The fraction of sp³-hybridized carbons (Fsp3) is 0.368. The van der Waals surface area contributed by atoms with Crippen LogP contribution in [0.25, 0.3) is 0 Å². The van der Waals surface area contributed by atoms with E-state index in [0.29, 0.717) is 12.6 Å². The summed E-state index contributed by atoms with van der Waals surface area (Å²) >= 11 is 0. The van der Waals surface area contributed by atoms with Crippen LogP contribution in [0.2, 0.25) is 0 Å². The highest BCUT2D eigenvalue weighted by atomic mass is 16.3. The van der Waals surface area contributed by atoms with Crippen LogP contribution in [0.15, 0.2) is 60.7 Å². The van der Waals surface area contributed by atoms with E-state index in [2.05, 4.69) is 43.4 Å². The van der Waals surface area contributed by atoms with Gasteiger partial charge in [-0.15, -0.1) is 0 Å². The van der Waals surface area contributed by atoms with Crippen molar-refractivity contribution in [2.75, 3.05) is 6.54 Å². The molecule has 0 saturated heterocycles. The highest BCUT2D eigenvalue weighted by Crippen LogP contribution is 2.34. The Labute approximate surface area is 127 Å². The first-order valence-corrected chi connectivity index (χ1v) is 7.56. The predicted octanol–water partition coefficient (Wildman–Crippen LogP) is 3.57. The zero-order valence-electron chi connectivity index (χ0n) is 13.1. The number of aliphatic hydroxyl groups is 1. The third kappa shape index (κ3) is 4.16. The lowest BCUT2D eigenvalue weighted by Crippen LogP contribution is -2.45. The number of rotatable bonds is 6. The minimum atomic E-state index is -0.854. The second-order valence-electron chi connectivity index (χ2n) is 6.15. The van der Waals surface area contributed by atoms with Gasteiger partial charge < -0.3 is 10.4 Å². The summed E-state index contributed by atoms with van der Waals surface area (Å²) in [6.45, 7) is 6.65. The molecular weight excluding hydrogens is 258 g/mol. The van der Waals surface area contributed by atoms with Crippen LogP contribution in [0.4, 0.5) is 0 Å². The summed E-state index contributed by atoms with van der Waals surface area (Å²) in [7, 11) is 0. The molecule has 0 fully saturated rings. The van der Waals surface area contributed by atoms with E-state index in [4.69, 9.17) is 0 Å². The summed E-state index contributed by atoms with van der Waals surface area (Å²) in [6.07, 6.45) is 0. The van der Waals surface area contributed by atoms with Crippen LogP contribution in [-0.2, 0) is 0 Å². The van der Waals surface area contributed by atoms with Crippen LogP contribution in [0, 0.1) is 0 Å². The maximum absolute atomic E-state index is 11.1. The monoisotopic (exact) mass is 283 g/mol. The molecule has 0 bridgehead atoms. The second-order valence-corrected chi connectivity index (χ2v) is 6.15. The molecule has 0 saturated carbocycles. The van der Waals surface area contributed by atoms with Crippen molar-refractivity contribution in [3.63, 3.8) is 0 Å². The van der Waals surface area contributed by atoms with Crippen molar-refractivity contribution < 1.29 is 5.11 Å². The van der Waals surface area contributed by atoms with E-state index in [0.717, 1.165) is 11.1 Å². The number of benzene rings is 2. The van der Waals surface area contributed by atoms with Gasteiger partial charge in [0.05, 0.1) is 5.60 Å². The van der Waals surface area contributed by atoms with Crippen LogP contribution in [-0.4, -0.2) is 23.3 Å². The Hall–Kier alpha value is -1.64. The maximum atomic E-state index is 11.1. The molecule has 1 atom stereocenters. The summed E-state index contributed by atoms with van der Waals surface area (Å²) in [4.78, 5) is 0. The number of hydrogen-bond acceptors (Lipinski definition) is 2. The Bertz CT molecular complexity index is 495. The van der Waals surface area contributed by atoms with Gasteiger partial charge in [0.15, 0.2) is 0 Å². The molecule has 0 aromatic heterocycles. The number of nitrogens with one attached hydrogen (secondary N) is 1. The number of hydrogen-bond donors (Lipinski definition) is 2. The van der Waals surface area contributed by atoms with Crippen molar-refractivity contribution in [2.45, 2.75) is 38.3 Å². The minimum absolute atomic E-state index is 0.0499. The van der Waals surface area contributed by atoms with E-state index < -0.39 is 5.60 Å². The topological polar surface area (TPSA) is 32.3 Å². The van der Waals surface area contributed by atoms with E-state index >= 15 is 0 Å². The van der Waals surface area contributed by atoms with E-state index in [9.17, 15) is 5.11 Å². The Balaban J connectivity index is 2.37. The van der Waals surface area contributed by atoms with Gasteiger partial charge in [-0.25, -0.2) is 0 Å². The van der Waals surface area contributed by atoms with Gasteiger partial charge in [0.25, 0.3) is 0 Å². The van der Waals surface area contributed by atoms with Gasteiger partial charge in [0, 0.05) is 18.5 Å². The fourth-order valence-corrected chi connectivity index (χ4v) is 2.71. The van der Waals surface area contributed by atoms with Crippen LogP contribution < -0.4 is 5.32 Å². The molecule has 21 heavy (non-hydrogen) atoms. The van der Waals surface area contributed by atoms with E-state index in [-0.39, 0.29) is 5.92 Å². The standard InChI is InChI=1S/C19H25NO/c1-15(2)20-14-19(3,21)18(16-10-6-4-7-11-16)17-12-8-5-9-13-17/h4-13,15,18,20-21H,14H2,1-3H3. The summed E-state index contributed by atoms with van der Waals surface area (Å²) in [5, 5.41) is 14.4. The zero-order valence-corrected chi connectivity index (χ0v) is 13.1. The second kappa shape index (κ2) is 6.88. The Kier molecular flexibility index (Phi) is 5.16. The van der Waals surface area contributed by atoms with Crippen LogP contribution in [0.1, 0.15) is 37.8 Å². The Morgan fingerprint density at radius 3 is 1.71 bits per heavy atom. The normalized spacial score (nSPS) is 14.4. The van der Waals surface area contributed by atoms with Gasteiger partial charge >= 0.3 is 0 Å². The van der Waals surface area contributed by atoms with Crippen molar-refractivity contribution in [3.8, 4) is 0 Å². The largest absolute Gasteiger partial charge is 0.388 e. The van der Waals surface area contributed by atoms with Gasteiger partial charge in [-0.3, -0.25) is 0 Å². The molecule has 2 N–H and O–H groups in total. The van der Waals surface area contributed by atoms with E-state index in [1.54, 1.807) is 0 Å². The molecule has 0 radical (unpaired) electrons. The summed E-state index contributed by atoms with van der Waals surface area (Å²) < 4.78 is 0. The van der Waals surface area contributed by atoms with E-state index in [1.165, 1.54) is 0 Å².